The summed E-state index contributed by atoms with van der Waals surface area (Å²) < 4.78 is 5.44. The Labute approximate surface area is 182 Å². The number of aromatic nitrogens is 3. The Morgan fingerprint density at radius 2 is 1.75 bits per heavy atom. The van der Waals surface area contributed by atoms with Crippen molar-refractivity contribution >= 4 is 33.5 Å². The molecular formula is C25H18N4O3. The van der Waals surface area contributed by atoms with E-state index in [2.05, 4.69) is 20.3 Å². The molecule has 0 fully saturated rings. The summed E-state index contributed by atoms with van der Waals surface area (Å²) in [5.74, 6) is 0.0809. The van der Waals surface area contributed by atoms with Gasteiger partial charge in [-0.25, -0.2) is 4.98 Å². The zero-order chi connectivity index (χ0) is 22.1. The van der Waals surface area contributed by atoms with Crippen LogP contribution in [0.3, 0.4) is 0 Å². The second kappa shape index (κ2) is 7.96. The molecule has 0 spiro atoms. The number of fused-ring (bicyclic) bond motifs is 2. The first-order valence-electron chi connectivity index (χ1n) is 9.96. The highest BCUT2D eigenvalue weighted by Crippen LogP contribution is 2.31. The first-order chi connectivity index (χ1) is 15.6. The van der Waals surface area contributed by atoms with E-state index < -0.39 is 5.91 Å². The van der Waals surface area contributed by atoms with Crippen LogP contribution < -0.4 is 15.6 Å². The van der Waals surface area contributed by atoms with Crippen LogP contribution in [0.2, 0.25) is 0 Å². The number of nitrogens with one attached hydrogen (secondary N) is 2. The number of anilines is 1. The fourth-order valence-electron chi connectivity index (χ4n) is 3.64. The quantitative estimate of drug-likeness (QED) is 0.447. The largest absolute Gasteiger partial charge is 0.495 e. The van der Waals surface area contributed by atoms with E-state index in [9.17, 15) is 9.59 Å². The van der Waals surface area contributed by atoms with Gasteiger partial charge in [0.15, 0.2) is 0 Å². The Bertz CT molecular complexity index is 1540. The summed E-state index contributed by atoms with van der Waals surface area (Å²) in [5, 5.41) is 3.53. The van der Waals surface area contributed by atoms with Crippen molar-refractivity contribution < 1.29 is 9.53 Å². The van der Waals surface area contributed by atoms with E-state index in [0.717, 1.165) is 16.6 Å². The van der Waals surface area contributed by atoms with E-state index in [4.69, 9.17) is 4.74 Å². The third-order valence-corrected chi connectivity index (χ3v) is 5.19. The summed E-state index contributed by atoms with van der Waals surface area (Å²) in [4.78, 5) is 37.1. The summed E-state index contributed by atoms with van der Waals surface area (Å²) >= 11 is 0. The minimum absolute atomic E-state index is 0.280. The Morgan fingerprint density at radius 1 is 0.969 bits per heavy atom. The van der Waals surface area contributed by atoms with Crippen molar-refractivity contribution in [1.82, 2.24) is 15.0 Å². The Balaban J connectivity index is 1.55. The molecule has 32 heavy (non-hydrogen) atoms. The molecule has 0 atom stereocenters. The first kappa shape index (κ1) is 19.4. The Hall–Kier alpha value is -4.52. The molecule has 1 amide bonds. The number of hydrogen-bond donors (Lipinski definition) is 2. The standard InChI is InChI=1S/C25H18N4O3/c1-32-23-11-10-15(22-14-26-19-8-4-5-9-20(19)27-22)12-21(23)29-25(31)17-13-24(30)28-18-7-3-2-6-16(17)18/h2-14H,1H3,(H,28,30)(H,29,31). The molecule has 0 unspecified atom stereocenters. The van der Waals surface area contributed by atoms with Crippen LogP contribution in [-0.2, 0) is 0 Å². The lowest BCUT2D eigenvalue weighted by molar-refractivity contribution is 0.102. The molecule has 3 aromatic carbocycles. The second-order valence-corrected chi connectivity index (χ2v) is 7.21. The molecule has 7 nitrogen and oxygen atoms in total. The van der Waals surface area contributed by atoms with Gasteiger partial charge in [-0.1, -0.05) is 30.3 Å². The maximum absolute atomic E-state index is 13.1. The van der Waals surface area contributed by atoms with Gasteiger partial charge in [-0.15, -0.1) is 0 Å². The Kier molecular flexibility index (Phi) is 4.84. The average molecular weight is 422 g/mol. The van der Waals surface area contributed by atoms with Crippen molar-refractivity contribution in [2.24, 2.45) is 0 Å². The number of para-hydroxylation sites is 3. The molecule has 5 aromatic rings. The van der Waals surface area contributed by atoms with E-state index in [1.165, 1.54) is 13.2 Å². The van der Waals surface area contributed by atoms with Gasteiger partial charge < -0.3 is 15.0 Å². The zero-order valence-electron chi connectivity index (χ0n) is 17.1. The summed E-state index contributed by atoms with van der Waals surface area (Å²) in [7, 11) is 1.53. The lowest BCUT2D eigenvalue weighted by Crippen LogP contribution is -2.17. The highest BCUT2D eigenvalue weighted by Gasteiger charge is 2.15. The fraction of sp³-hybridized carbons (Fsp3) is 0.0400. The van der Waals surface area contributed by atoms with Crippen molar-refractivity contribution in [3.8, 4) is 17.0 Å². The number of aromatic amines is 1. The molecule has 0 aliphatic carbocycles. The first-order valence-corrected chi connectivity index (χ1v) is 9.96. The molecule has 0 saturated heterocycles. The second-order valence-electron chi connectivity index (χ2n) is 7.21. The van der Waals surface area contributed by atoms with Crippen molar-refractivity contribution in [1.29, 1.82) is 0 Å². The number of carbonyl (C=O) groups excluding carboxylic acids is 1. The number of amides is 1. The molecule has 0 bridgehead atoms. The van der Waals surface area contributed by atoms with Crippen molar-refractivity contribution in [2.75, 3.05) is 12.4 Å². The van der Waals surface area contributed by atoms with Gasteiger partial charge in [0, 0.05) is 22.5 Å². The molecule has 2 heterocycles. The van der Waals surface area contributed by atoms with Crippen LogP contribution in [0.25, 0.3) is 33.2 Å². The van der Waals surface area contributed by atoms with E-state index in [-0.39, 0.29) is 11.1 Å². The number of carbonyl (C=O) groups is 1. The van der Waals surface area contributed by atoms with E-state index in [0.29, 0.717) is 28.0 Å². The van der Waals surface area contributed by atoms with Crippen molar-refractivity contribution in [3.05, 3.63) is 94.9 Å². The lowest BCUT2D eigenvalue weighted by Gasteiger charge is -2.13. The number of hydrogen-bond acceptors (Lipinski definition) is 5. The number of pyridine rings is 1. The van der Waals surface area contributed by atoms with Gasteiger partial charge in [0.25, 0.3) is 5.91 Å². The van der Waals surface area contributed by atoms with E-state index >= 15 is 0 Å². The molecule has 2 N–H and O–H groups in total. The molecule has 0 aliphatic rings. The molecule has 156 valence electrons. The normalized spacial score (nSPS) is 10.9. The SMILES string of the molecule is COc1ccc(-c2cnc3ccccc3n2)cc1NC(=O)c1cc(=O)[nH]c2ccccc12. The fourth-order valence-corrected chi connectivity index (χ4v) is 3.64. The van der Waals surface area contributed by atoms with Crippen LogP contribution >= 0.6 is 0 Å². The van der Waals surface area contributed by atoms with Gasteiger partial charge in [-0.2, -0.15) is 0 Å². The minimum atomic E-state index is -0.410. The highest BCUT2D eigenvalue weighted by molar-refractivity contribution is 6.12. The van der Waals surface area contributed by atoms with Crippen LogP contribution in [0.4, 0.5) is 5.69 Å². The van der Waals surface area contributed by atoms with Crippen LogP contribution in [-0.4, -0.2) is 28.0 Å². The van der Waals surface area contributed by atoms with Gasteiger partial charge in [-0.3, -0.25) is 14.6 Å². The van der Waals surface area contributed by atoms with E-state index in [1.54, 1.807) is 36.5 Å². The number of H-pyrrole nitrogens is 1. The zero-order valence-corrected chi connectivity index (χ0v) is 17.1. The maximum Gasteiger partial charge on any atom is 0.256 e. The van der Waals surface area contributed by atoms with Gasteiger partial charge in [0.2, 0.25) is 5.56 Å². The van der Waals surface area contributed by atoms with Crippen LogP contribution in [0.1, 0.15) is 10.4 Å². The number of benzene rings is 3. The predicted octanol–water partition coefficient (Wildman–Crippen LogP) is 4.40. The van der Waals surface area contributed by atoms with Crippen LogP contribution in [0.15, 0.2) is 83.8 Å². The third kappa shape index (κ3) is 3.56. The molecule has 2 aromatic heterocycles. The average Bonchev–Trinajstić information content (AvgIpc) is 2.83. The van der Waals surface area contributed by atoms with Crippen LogP contribution in [0.5, 0.6) is 5.75 Å². The highest BCUT2D eigenvalue weighted by atomic mass is 16.5. The summed E-state index contributed by atoms with van der Waals surface area (Å²) in [6, 6.07) is 21.5. The number of rotatable bonds is 4. The summed E-state index contributed by atoms with van der Waals surface area (Å²) in [5.41, 5.74) is 4.02. The van der Waals surface area contributed by atoms with Crippen LogP contribution in [0, 0.1) is 0 Å². The number of methoxy groups -OCH3 is 1. The molecule has 7 heteroatoms. The lowest BCUT2D eigenvalue weighted by atomic mass is 10.1. The monoisotopic (exact) mass is 422 g/mol. The van der Waals surface area contributed by atoms with Gasteiger partial charge >= 0.3 is 0 Å². The molecule has 0 radical (unpaired) electrons. The topological polar surface area (TPSA) is 97.0 Å². The number of ether oxygens (including phenoxy) is 1. The molecule has 5 rings (SSSR count). The smallest absolute Gasteiger partial charge is 0.256 e. The summed E-state index contributed by atoms with van der Waals surface area (Å²) in [6.07, 6.45) is 1.69. The van der Waals surface area contributed by atoms with E-state index in [1.807, 2.05) is 36.4 Å². The maximum atomic E-state index is 13.1. The molecule has 0 saturated carbocycles. The predicted molar refractivity (Wildman–Crippen MR) is 124 cm³/mol. The Morgan fingerprint density at radius 3 is 2.59 bits per heavy atom. The number of nitrogens with zero attached hydrogens (tertiary/aromatic N) is 2. The van der Waals surface area contributed by atoms with Gasteiger partial charge in [0.05, 0.1) is 41.3 Å². The van der Waals surface area contributed by atoms with Crippen molar-refractivity contribution in [2.45, 2.75) is 0 Å². The third-order valence-electron chi connectivity index (χ3n) is 5.19. The molecule has 0 aliphatic heterocycles. The molecular weight excluding hydrogens is 404 g/mol. The van der Waals surface area contributed by atoms with Gasteiger partial charge in [0.1, 0.15) is 5.75 Å². The van der Waals surface area contributed by atoms with Gasteiger partial charge in [-0.05, 0) is 36.4 Å². The summed E-state index contributed by atoms with van der Waals surface area (Å²) in [6.45, 7) is 0. The van der Waals surface area contributed by atoms with Crippen molar-refractivity contribution in [3.63, 3.8) is 0 Å². The minimum Gasteiger partial charge on any atom is -0.495 e.